The van der Waals surface area contributed by atoms with Crippen LogP contribution in [0.25, 0.3) is 11.5 Å². The van der Waals surface area contributed by atoms with E-state index in [-0.39, 0.29) is 28.5 Å². The fraction of sp³-hybridized carbons (Fsp3) is 0.143. The van der Waals surface area contributed by atoms with Gasteiger partial charge in [-0.25, -0.2) is 9.97 Å². The molecule has 128 valence electrons. The Morgan fingerprint density at radius 2 is 1.80 bits per heavy atom. The molecule has 0 aliphatic carbocycles. The lowest BCUT2D eigenvalue weighted by Crippen LogP contribution is -2.00. The summed E-state index contributed by atoms with van der Waals surface area (Å²) in [6, 6.07) is 7.32. The van der Waals surface area contributed by atoms with Crippen LogP contribution in [-0.2, 0) is 0 Å². The maximum absolute atomic E-state index is 10.7. The molecule has 25 heavy (non-hydrogen) atoms. The standard InChI is InChI=1S/C14H13N7O3S/c1-7(25-14-17-10(15)6-11(16)18-14)12-19-20-13(24-12)8-2-4-9(5-3-8)21(22)23/h2-7H,1H3,(H4,15,16,17,18)/t7-/m0/s1. The molecule has 2 aromatic heterocycles. The highest BCUT2D eigenvalue weighted by Gasteiger charge is 2.18. The number of nitrogens with zero attached hydrogens (tertiary/aromatic N) is 5. The predicted octanol–water partition coefficient (Wildman–Crippen LogP) is 2.45. The summed E-state index contributed by atoms with van der Waals surface area (Å²) in [5.41, 5.74) is 11.9. The van der Waals surface area contributed by atoms with E-state index in [0.29, 0.717) is 16.6 Å². The van der Waals surface area contributed by atoms with Crippen LogP contribution in [-0.4, -0.2) is 25.1 Å². The molecule has 3 aromatic rings. The molecule has 0 aliphatic heterocycles. The van der Waals surface area contributed by atoms with Gasteiger partial charge in [0.2, 0.25) is 11.8 Å². The largest absolute Gasteiger partial charge is 0.419 e. The molecule has 0 aliphatic rings. The fourth-order valence-electron chi connectivity index (χ4n) is 1.96. The van der Waals surface area contributed by atoms with Gasteiger partial charge in [-0.2, -0.15) is 0 Å². The zero-order valence-corrected chi connectivity index (χ0v) is 13.8. The Bertz CT molecular complexity index is 893. The van der Waals surface area contributed by atoms with E-state index in [4.69, 9.17) is 15.9 Å². The second-order valence-electron chi connectivity index (χ2n) is 5.01. The minimum atomic E-state index is -0.473. The van der Waals surface area contributed by atoms with Crippen LogP contribution in [0, 0.1) is 10.1 Å². The number of thioether (sulfide) groups is 1. The van der Waals surface area contributed by atoms with Crippen LogP contribution in [0.2, 0.25) is 0 Å². The van der Waals surface area contributed by atoms with E-state index in [2.05, 4.69) is 20.2 Å². The Kier molecular flexibility index (Phi) is 4.48. The molecule has 0 radical (unpaired) electrons. The zero-order chi connectivity index (χ0) is 18.0. The van der Waals surface area contributed by atoms with Gasteiger partial charge in [-0.05, 0) is 19.1 Å². The lowest BCUT2D eigenvalue weighted by molar-refractivity contribution is -0.384. The highest BCUT2D eigenvalue weighted by molar-refractivity contribution is 7.99. The Hall–Kier alpha value is -3.21. The lowest BCUT2D eigenvalue weighted by Gasteiger charge is -2.06. The third kappa shape index (κ3) is 3.83. The summed E-state index contributed by atoms with van der Waals surface area (Å²) in [6.45, 7) is 1.85. The molecule has 3 rings (SSSR count). The van der Waals surface area contributed by atoms with Gasteiger partial charge >= 0.3 is 0 Å². The third-order valence-electron chi connectivity index (χ3n) is 3.14. The maximum Gasteiger partial charge on any atom is 0.269 e. The Morgan fingerprint density at radius 1 is 1.16 bits per heavy atom. The molecule has 0 fully saturated rings. The molecule has 0 saturated carbocycles. The Labute approximate surface area is 145 Å². The van der Waals surface area contributed by atoms with E-state index in [1.54, 1.807) is 12.1 Å². The smallest absolute Gasteiger partial charge is 0.269 e. The van der Waals surface area contributed by atoms with Crippen LogP contribution >= 0.6 is 11.8 Å². The molecule has 10 nitrogen and oxygen atoms in total. The number of nitro groups is 1. The van der Waals surface area contributed by atoms with E-state index in [0.717, 1.165) is 0 Å². The van der Waals surface area contributed by atoms with Crippen molar-refractivity contribution in [3.63, 3.8) is 0 Å². The molecule has 0 bridgehead atoms. The predicted molar refractivity (Wildman–Crippen MR) is 91.5 cm³/mol. The van der Waals surface area contributed by atoms with Gasteiger partial charge in [-0.15, -0.1) is 10.2 Å². The van der Waals surface area contributed by atoms with E-state index in [1.165, 1.54) is 30.0 Å². The van der Waals surface area contributed by atoms with Crippen molar-refractivity contribution in [2.45, 2.75) is 17.3 Å². The molecule has 0 saturated heterocycles. The second-order valence-corrected chi connectivity index (χ2v) is 6.32. The summed E-state index contributed by atoms with van der Waals surface area (Å²) < 4.78 is 5.63. The van der Waals surface area contributed by atoms with E-state index < -0.39 is 4.92 Å². The van der Waals surface area contributed by atoms with Gasteiger partial charge in [0.15, 0.2) is 5.16 Å². The van der Waals surface area contributed by atoms with Gasteiger partial charge in [0.25, 0.3) is 5.69 Å². The van der Waals surface area contributed by atoms with Crippen molar-refractivity contribution in [1.29, 1.82) is 0 Å². The van der Waals surface area contributed by atoms with Gasteiger partial charge in [0, 0.05) is 23.8 Å². The molecular weight excluding hydrogens is 346 g/mol. The monoisotopic (exact) mass is 359 g/mol. The molecule has 1 atom stereocenters. The molecule has 0 unspecified atom stereocenters. The van der Waals surface area contributed by atoms with Gasteiger partial charge in [-0.3, -0.25) is 10.1 Å². The van der Waals surface area contributed by atoms with Gasteiger partial charge < -0.3 is 15.9 Å². The van der Waals surface area contributed by atoms with Crippen molar-refractivity contribution in [1.82, 2.24) is 20.2 Å². The van der Waals surface area contributed by atoms with Crippen LogP contribution < -0.4 is 11.5 Å². The zero-order valence-electron chi connectivity index (χ0n) is 13.0. The molecule has 2 heterocycles. The highest BCUT2D eigenvalue weighted by Crippen LogP contribution is 2.34. The molecule has 0 spiro atoms. The van der Waals surface area contributed by atoms with E-state index in [9.17, 15) is 10.1 Å². The first kappa shape index (κ1) is 16.6. The number of nitro benzene ring substituents is 1. The Morgan fingerprint density at radius 3 is 2.40 bits per heavy atom. The van der Waals surface area contributed by atoms with Crippen LogP contribution in [0.4, 0.5) is 17.3 Å². The summed E-state index contributed by atoms with van der Waals surface area (Å²) in [5, 5.41) is 18.8. The number of benzene rings is 1. The van der Waals surface area contributed by atoms with Crippen molar-refractivity contribution < 1.29 is 9.34 Å². The van der Waals surface area contributed by atoms with Crippen molar-refractivity contribution in [2.24, 2.45) is 0 Å². The number of hydrogen-bond donors (Lipinski definition) is 2. The average molecular weight is 359 g/mol. The first-order valence-electron chi connectivity index (χ1n) is 7.07. The SMILES string of the molecule is C[C@H](Sc1nc(N)cc(N)n1)c1nnc(-c2ccc([N+](=O)[O-])cc2)o1. The molecule has 4 N–H and O–H groups in total. The first-order valence-corrected chi connectivity index (χ1v) is 7.95. The van der Waals surface area contributed by atoms with Gasteiger partial charge in [0.05, 0.1) is 10.2 Å². The quantitative estimate of drug-likeness (QED) is 0.299. The van der Waals surface area contributed by atoms with Crippen LogP contribution in [0.5, 0.6) is 0 Å². The van der Waals surface area contributed by atoms with Gasteiger partial charge in [-0.1, -0.05) is 11.8 Å². The van der Waals surface area contributed by atoms with E-state index >= 15 is 0 Å². The average Bonchev–Trinajstić information content (AvgIpc) is 3.04. The summed E-state index contributed by atoms with van der Waals surface area (Å²) in [5.74, 6) is 1.19. The summed E-state index contributed by atoms with van der Waals surface area (Å²) in [4.78, 5) is 18.4. The Balaban J connectivity index is 1.77. The molecular formula is C14H13N7O3S. The fourth-order valence-corrected chi connectivity index (χ4v) is 2.79. The maximum atomic E-state index is 10.7. The number of hydrogen-bond acceptors (Lipinski definition) is 10. The first-order chi connectivity index (χ1) is 11.9. The number of nitrogens with two attached hydrogens (primary N) is 2. The van der Waals surface area contributed by atoms with Crippen molar-refractivity contribution in [2.75, 3.05) is 11.5 Å². The minimum Gasteiger partial charge on any atom is -0.419 e. The molecule has 11 heteroatoms. The number of nitrogen functional groups attached to an aromatic ring is 2. The summed E-state index contributed by atoms with van der Waals surface area (Å²) >= 11 is 1.27. The number of rotatable bonds is 5. The normalized spacial score (nSPS) is 12.0. The number of anilines is 2. The van der Waals surface area contributed by atoms with Crippen molar-refractivity contribution in [3.05, 3.63) is 46.3 Å². The summed E-state index contributed by atoms with van der Waals surface area (Å²) in [7, 11) is 0. The highest BCUT2D eigenvalue weighted by atomic mass is 32.2. The number of aromatic nitrogens is 4. The van der Waals surface area contributed by atoms with Crippen molar-refractivity contribution in [3.8, 4) is 11.5 Å². The van der Waals surface area contributed by atoms with E-state index in [1.807, 2.05) is 6.92 Å². The van der Waals surface area contributed by atoms with Gasteiger partial charge in [0.1, 0.15) is 11.6 Å². The summed E-state index contributed by atoms with van der Waals surface area (Å²) in [6.07, 6.45) is 0. The van der Waals surface area contributed by atoms with Crippen molar-refractivity contribution >= 4 is 29.1 Å². The number of non-ortho nitro benzene ring substituents is 1. The third-order valence-corrected chi connectivity index (χ3v) is 4.09. The minimum absolute atomic E-state index is 0.0104. The van der Waals surface area contributed by atoms with Crippen LogP contribution in [0.1, 0.15) is 18.1 Å². The van der Waals surface area contributed by atoms with Crippen LogP contribution in [0.3, 0.4) is 0 Å². The van der Waals surface area contributed by atoms with Crippen LogP contribution in [0.15, 0.2) is 39.9 Å². The second kappa shape index (κ2) is 6.73. The molecule has 0 amide bonds. The molecule has 1 aromatic carbocycles. The topological polar surface area (TPSA) is 160 Å². The lowest BCUT2D eigenvalue weighted by atomic mass is 10.2.